The van der Waals surface area contributed by atoms with Crippen LogP contribution in [0.25, 0.3) is 5.65 Å². The fourth-order valence-corrected chi connectivity index (χ4v) is 4.95. The van der Waals surface area contributed by atoms with Crippen molar-refractivity contribution in [2.75, 3.05) is 42.3 Å². The number of hydrogen-bond acceptors (Lipinski definition) is 9. The maximum absolute atomic E-state index is 13.5. The summed E-state index contributed by atoms with van der Waals surface area (Å²) in [5, 5.41) is 33.1. The van der Waals surface area contributed by atoms with Gasteiger partial charge in [0.05, 0.1) is 25.1 Å². The minimum absolute atomic E-state index is 0.0792. The number of nitrogens with zero attached hydrogens (tertiary/aromatic N) is 5. The third kappa shape index (κ3) is 6.14. The third-order valence-corrected chi connectivity index (χ3v) is 6.96. The van der Waals surface area contributed by atoms with Crippen molar-refractivity contribution in [3.05, 3.63) is 42.2 Å². The number of pyridine rings is 1. The molecule has 2 aliphatic carbocycles. The fraction of sp³-hybridized carbons (Fsp3) is 0.520. The first-order chi connectivity index (χ1) is 18.0. The Labute approximate surface area is 214 Å². The Morgan fingerprint density at radius 1 is 1.03 bits per heavy atom. The molecule has 0 spiro atoms. The van der Waals surface area contributed by atoms with E-state index in [0.717, 1.165) is 50.3 Å². The minimum atomic E-state index is -0.679. The summed E-state index contributed by atoms with van der Waals surface area (Å²) in [7, 11) is 0. The molecule has 2 saturated carbocycles. The first-order valence-electron chi connectivity index (χ1n) is 12.8. The van der Waals surface area contributed by atoms with E-state index in [1.807, 2.05) is 6.07 Å². The van der Waals surface area contributed by atoms with Crippen molar-refractivity contribution in [1.29, 1.82) is 0 Å². The van der Waals surface area contributed by atoms with Crippen LogP contribution in [-0.4, -0.2) is 85.0 Å². The number of amides is 1. The van der Waals surface area contributed by atoms with Crippen LogP contribution in [0.1, 0.15) is 49.0 Å². The van der Waals surface area contributed by atoms with Crippen LogP contribution in [-0.2, 0) is 0 Å². The molecular weight excluding hydrogens is 479 g/mol. The average molecular weight is 513 g/mol. The van der Waals surface area contributed by atoms with Gasteiger partial charge in [-0.25, -0.2) is 14.5 Å². The molecule has 1 amide bonds. The molecule has 11 nitrogen and oxygen atoms in total. The molecule has 0 aromatic carbocycles. The monoisotopic (exact) mass is 512 g/mol. The largest absolute Gasteiger partial charge is 0.395 e. The summed E-state index contributed by atoms with van der Waals surface area (Å²) in [6.07, 6.45) is 8.69. The van der Waals surface area contributed by atoms with Crippen molar-refractivity contribution in [2.45, 2.75) is 56.7 Å². The Balaban J connectivity index is 1.33. The van der Waals surface area contributed by atoms with Gasteiger partial charge in [0.25, 0.3) is 5.91 Å². The summed E-state index contributed by atoms with van der Waals surface area (Å²) in [4.78, 5) is 23.1. The van der Waals surface area contributed by atoms with Crippen molar-refractivity contribution < 1.29 is 19.4 Å². The van der Waals surface area contributed by atoms with Gasteiger partial charge in [0.2, 0.25) is 5.95 Å². The van der Waals surface area contributed by atoms with Crippen molar-refractivity contribution in [3.63, 3.8) is 0 Å². The van der Waals surface area contributed by atoms with Crippen molar-refractivity contribution >= 4 is 28.7 Å². The lowest BCUT2D eigenvalue weighted by molar-refractivity contribution is 0.0992. The topological polar surface area (TPSA) is 140 Å². The van der Waals surface area contributed by atoms with Gasteiger partial charge in [-0.1, -0.05) is 0 Å². The van der Waals surface area contributed by atoms with E-state index in [0.29, 0.717) is 42.3 Å². The number of carbonyl (C=O) groups excluding carboxylic acids is 1. The van der Waals surface area contributed by atoms with E-state index >= 15 is 0 Å². The third-order valence-electron chi connectivity index (χ3n) is 6.96. The lowest BCUT2D eigenvalue weighted by Crippen LogP contribution is -2.43. The molecule has 0 saturated heterocycles. The van der Waals surface area contributed by atoms with Gasteiger partial charge in [-0.05, 0) is 44.6 Å². The number of anilines is 3. The van der Waals surface area contributed by atoms with Gasteiger partial charge in [0.1, 0.15) is 5.82 Å². The van der Waals surface area contributed by atoms with Crippen LogP contribution in [0.4, 0.5) is 21.6 Å². The smallest absolute Gasteiger partial charge is 0.276 e. The first kappa shape index (κ1) is 25.3. The Kier molecular flexibility index (Phi) is 7.77. The van der Waals surface area contributed by atoms with Crippen LogP contribution in [0.15, 0.2) is 30.6 Å². The molecule has 0 aliphatic heterocycles. The summed E-state index contributed by atoms with van der Waals surface area (Å²) < 4.78 is 15.0. The van der Waals surface area contributed by atoms with E-state index in [4.69, 9.17) is 5.10 Å². The van der Waals surface area contributed by atoms with E-state index in [-0.39, 0.29) is 24.9 Å². The molecule has 3 heterocycles. The SMILES string of the molecule is O=C(Nc1ccnc(F)c1)c1cnc2c(NC3CC3)cc(NC3CCC(N(CCO)CCO)CC3)nn12. The van der Waals surface area contributed by atoms with Crippen LogP contribution < -0.4 is 16.0 Å². The highest BCUT2D eigenvalue weighted by Crippen LogP contribution is 2.30. The summed E-state index contributed by atoms with van der Waals surface area (Å²) in [5.41, 5.74) is 1.89. The second kappa shape index (κ2) is 11.4. The Morgan fingerprint density at radius 3 is 2.41 bits per heavy atom. The van der Waals surface area contributed by atoms with Crippen molar-refractivity contribution in [1.82, 2.24) is 24.5 Å². The minimum Gasteiger partial charge on any atom is -0.395 e. The van der Waals surface area contributed by atoms with E-state index in [9.17, 15) is 19.4 Å². The standard InChI is InChI=1S/C25H33FN8O3/c26-22-13-18(7-8-27-22)31-25(37)21-15-28-24-20(29-16-1-2-16)14-23(32-34(21)24)30-17-3-5-19(6-4-17)33(9-11-35)10-12-36/h7-8,13-17,19,29,35-36H,1-6,9-12H2,(H,30,32)(H,27,31,37). The first-order valence-corrected chi connectivity index (χ1v) is 12.8. The molecule has 0 atom stereocenters. The summed E-state index contributed by atoms with van der Waals surface area (Å²) in [6.45, 7) is 1.29. The summed E-state index contributed by atoms with van der Waals surface area (Å²) >= 11 is 0. The quantitative estimate of drug-likeness (QED) is 0.244. The van der Waals surface area contributed by atoms with Crippen molar-refractivity contribution in [3.8, 4) is 0 Å². The molecule has 2 aliphatic rings. The number of aliphatic hydroxyl groups excluding tert-OH is 2. The zero-order chi connectivity index (χ0) is 25.8. The number of halogens is 1. The van der Waals surface area contributed by atoms with Crippen LogP contribution >= 0.6 is 0 Å². The number of aromatic nitrogens is 4. The maximum Gasteiger partial charge on any atom is 0.276 e. The number of rotatable bonds is 11. The van der Waals surface area contributed by atoms with E-state index < -0.39 is 11.9 Å². The molecule has 12 heteroatoms. The van der Waals surface area contributed by atoms with Gasteiger partial charge in [-0.15, -0.1) is 5.10 Å². The molecule has 3 aromatic heterocycles. The molecule has 5 rings (SSSR count). The predicted molar refractivity (Wildman–Crippen MR) is 137 cm³/mol. The van der Waals surface area contributed by atoms with Crippen LogP contribution in [0, 0.1) is 5.95 Å². The number of imidazole rings is 1. The number of hydrogen-bond donors (Lipinski definition) is 5. The molecule has 0 radical (unpaired) electrons. The van der Waals surface area contributed by atoms with Gasteiger partial charge in [0.15, 0.2) is 11.3 Å². The van der Waals surface area contributed by atoms with Crippen LogP contribution in [0.5, 0.6) is 0 Å². The van der Waals surface area contributed by atoms with E-state index in [1.54, 1.807) is 0 Å². The molecule has 0 unspecified atom stereocenters. The molecule has 0 bridgehead atoms. The molecule has 198 valence electrons. The number of carbonyl (C=O) groups is 1. The van der Waals surface area contributed by atoms with E-state index in [1.165, 1.54) is 23.0 Å². The van der Waals surface area contributed by atoms with Crippen LogP contribution in [0.3, 0.4) is 0 Å². The van der Waals surface area contributed by atoms with Gasteiger partial charge < -0.3 is 26.2 Å². The molecular formula is C25H33FN8O3. The van der Waals surface area contributed by atoms with Gasteiger partial charge in [-0.3, -0.25) is 9.69 Å². The number of aliphatic hydroxyl groups is 2. The predicted octanol–water partition coefficient (Wildman–Crippen LogP) is 2.10. The molecule has 5 N–H and O–H groups in total. The average Bonchev–Trinajstić information content (AvgIpc) is 3.59. The highest BCUT2D eigenvalue weighted by molar-refractivity contribution is 6.03. The van der Waals surface area contributed by atoms with Crippen molar-refractivity contribution in [2.24, 2.45) is 0 Å². The maximum atomic E-state index is 13.5. The molecule has 2 fully saturated rings. The summed E-state index contributed by atoms with van der Waals surface area (Å²) in [6, 6.07) is 5.54. The second-order valence-electron chi connectivity index (χ2n) is 9.70. The van der Waals surface area contributed by atoms with Gasteiger partial charge >= 0.3 is 0 Å². The highest BCUT2D eigenvalue weighted by atomic mass is 19.1. The number of fused-ring (bicyclic) bond motifs is 1. The highest BCUT2D eigenvalue weighted by Gasteiger charge is 2.27. The lowest BCUT2D eigenvalue weighted by Gasteiger charge is -2.36. The van der Waals surface area contributed by atoms with Crippen LogP contribution in [0.2, 0.25) is 0 Å². The molecule has 37 heavy (non-hydrogen) atoms. The number of nitrogens with one attached hydrogen (secondary N) is 3. The Morgan fingerprint density at radius 2 is 1.73 bits per heavy atom. The van der Waals surface area contributed by atoms with Gasteiger partial charge in [-0.2, -0.15) is 4.39 Å². The van der Waals surface area contributed by atoms with Gasteiger partial charge in [0, 0.05) is 55.2 Å². The lowest BCUT2D eigenvalue weighted by atomic mass is 9.90. The zero-order valence-corrected chi connectivity index (χ0v) is 20.6. The Bertz CT molecular complexity index is 1220. The normalized spacial score (nSPS) is 19.8. The second-order valence-corrected chi connectivity index (χ2v) is 9.70. The zero-order valence-electron chi connectivity index (χ0n) is 20.6. The fourth-order valence-electron chi connectivity index (χ4n) is 4.95. The Hall–Kier alpha value is -3.35. The van der Waals surface area contributed by atoms with E-state index in [2.05, 4.69) is 30.8 Å². The summed E-state index contributed by atoms with van der Waals surface area (Å²) in [5.74, 6) is -0.487. The molecule has 3 aromatic rings.